The summed E-state index contributed by atoms with van der Waals surface area (Å²) < 4.78 is 23.2. The Hall–Kier alpha value is 0.160. The van der Waals surface area contributed by atoms with Gasteiger partial charge in [0.1, 0.15) is 9.84 Å². The molecule has 2 aliphatic rings. The van der Waals surface area contributed by atoms with Crippen LogP contribution < -0.4 is 5.32 Å². The first-order chi connectivity index (χ1) is 8.55. The maximum atomic E-state index is 11.6. The van der Waals surface area contributed by atoms with Gasteiger partial charge in [0, 0.05) is 12.8 Å². The molecule has 2 fully saturated rings. The predicted molar refractivity (Wildman–Crippen MR) is 81.8 cm³/mol. The molecule has 0 saturated carbocycles. The van der Waals surface area contributed by atoms with E-state index in [1.54, 1.807) is 0 Å². The lowest BCUT2D eigenvalue weighted by Crippen LogP contribution is -2.38. The maximum Gasteiger partial charge on any atom is 0.150 e. The number of hydrogen-bond acceptors (Lipinski definition) is 4. The minimum absolute atomic E-state index is 0. The van der Waals surface area contributed by atoms with Crippen molar-refractivity contribution in [1.29, 1.82) is 0 Å². The molecule has 2 saturated heterocycles. The van der Waals surface area contributed by atoms with Crippen LogP contribution in [-0.4, -0.2) is 57.5 Å². The van der Waals surface area contributed by atoms with Crippen LogP contribution in [-0.2, 0) is 9.84 Å². The Morgan fingerprint density at radius 3 is 2.58 bits per heavy atom. The number of piperidine rings is 1. The van der Waals surface area contributed by atoms with Crippen molar-refractivity contribution in [1.82, 2.24) is 10.2 Å². The van der Waals surface area contributed by atoms with Crippen molar-refractivity contribution in [3.8, 4) is 0 Å². The predicted octanol–water partition coefficient (Wildman–Crippen LogP) is 1.31. The van der Waals surface area contributed by atoms with Crippen LogP contribution in [0.3, 0.4) is 0 Å². The Bertz CT molecular complexity index is 356. The first kappa shape index (κ1) is 17.2. The maximum absolute atomic E-state index is 11.6. The Kier molecular flexibility index (Phi) is 7.08. The summed E-state index contributed by atoms with van der Waals surface area (Å²) in [5.74, 6) is 0.758. The highest BCUT2D eigenvalue weighted by Crippen LogP contribution is 2.19. The third-order valence-corrected chi connectivity index (χ3v) is 5.97. The molecule has 0 aromatic heterocycles. The van der Waals surface area contributed by atoms with Crippen molar-refractivity contribution < 1.29 is 8.42 Å². The lowest BCUT2D eigenvalue weighted by molar-refractivity contribution is 0.214. The van der Waals surface area contributed by atoms with E-state index in [2.05, 4.69) is 10.2 Å². The molecule has 2 rings (SSSR count). The van der Waals surface area contributed by atoms with Gasteiger partial charge in [-0.05, 0) is 64.2 Å². The Morgan fingerprint density at radius 2 is 1.95 bits per heavy atom. The number of halogens is 1. The molecular formula is C13H27ClN2O2S. The van der Waals surface area contributed by atoms with Gasteiger partial charge >= 0.3 is 0 Å². The third kappa shape index (κ3) is 5.58. The van der Waals surface area contributed by atoms with Crippen molar-refractivity contribution in [2.45, 2.75) is 37.4 Å². The summed E-state index contributed by atoms with van der Waals surface area (Å²) in [6.45, 7) is 5.46. The zero-order chi connectivity index (χ0) is 13.0. The number of sulfone groups is 1. The van der Waals surface area contributed by atoms with Gasteiger partial charge in [-0.25, -0.2) is 8.42 Å². The smallest absolute Gasteiger partial charge is 0.150 e. The van der Waals surface area contributed by atoms with E-state index in [9.17, 15) is 8.42 Å². The summed E-state index contributed by atoms with van der Waals surface area (Å²) in [6.07, 6.45) is 6.68. The van der Waals surface area contributed by atoms with E-state index in [0.29, 0.717) is 0 Å². The molecule has 0 bridgehead atoms. The fourth-order valence-electron chi connectivity index (χ4n) is 3.18. The minimum Gasteiger partial charge on any atom is -0.316 e. The molecule has 0 aromatic rings. The first-order valence-corrected chi connectivity index (χ1v) is 9.13. The molecule has 4 nitrogen and oxygen atoms in total. The Morgan fingerprint density at radius 1 is 1.16 bits per heavy atom. The fraction of sp³-hybridized carbons (Fsp3) is 1.00. The van der Waals surface area contributed by atoms with Crippen LogP contribution in [0.25, 0.3) is 0 Å². The molecule has 0 aromatic carbocycles. The van der Waals surface area contributed by atoms with E-state index in [1.165, 1.54) is 19.1 Å². The lowest BCUT2D eigenvalue weighted by atomic mass is 9.99. The van der Waals surface area contributed by atoms with E-state index in [-0.39, 0.29) is 17.7 Å². The number of rotatable bonds is 3. The van der Waals surface area contributed by atoms with Crippen LogP contribution in [0.4, 0.5) is 0 Å². The van der Waals surface area contributed by atoms with Crippen LogP contribution >= 0.6 is 12.4 Å². The van der Waals surface area contributed by atoms with E-state index < -0.39 is 9.84 Å². The number of nitrogens with zero attached hydrogens (tertiary/aromatic N) is 1. The van der Waals surface area contributed by atoms with Crippen molar-refractivity contribution >= 4 is 22.2 Å². The van der Waals surface area contributed by atoms with Gasteiger partial charge in [0.15, 0.2) is 0 Å². The molecule has 1 N–H and O–H groups in total. The first-order valence-electron chi connectivity index (χ1n) is 7.17. The SMILES string of the molecule is CS(=O)(=O)C1CCCN(CC2CCCNC2)CC1.Cl. The molecule has 2 heterocycles. The average molecular weight is 311 g/mol. The summed E-state index contributed by atoms with van der Waals surface area (Å²) >= 11 is 0. The van der Waals surface area contributed by atoms with Crippen LogP contribution in [0.1, 0.15) is 32.1 Å². The summed E-state index contributed by atoms with van der Waals surface area (Å²) in [5.41, 5.74) is 0. The molecule has 0 amide bonds. The van der Waals surface area contributed by atoms with Crippen LogP contribution in [0.5, 0.6) is 0 Å². The summed E-state index contributed by atoms with van der Waals surface area (Å²) in [4.78, 5) is 2.48. The largest absolute Gasteiger partial charge is 0.316 e. The highest BCUT2D eigenvalue weighted by Gasteiger charge is 2.25. The zero-order valence-electron chi connectivity index (χ0n) is 11.8. The van der Waals surface area contributed by atoms with Gasteiger partial charge in [0.05, 0.1) is 5.25 Å². The molecule has 6 heteroatoms. The second-order valence-electron chi connectivity index (χ2n) is 5.90. The van der Waals surface area contributed by atoms with Gasteiger partial charge in [-0.3, -0.25) is 0 Å². The highest BCUT2D eigenvalue weighted by atomic mass is 35.5. The minimum atomic E-state index is -2.84. The molecule has 2 atom stereocenters. The number of nitrogens with one attached hydrogen (secondary N) is 1. The van der Waals surface area contributed by atoms with Crippen molar-refractivity contribution in [3.63, 3.8) is 0 Å². The molecule has 114 valence electrons. The fourth-order valence-corrected chi connectivity index (χ4v) is 4.31. The zero-order valence-corrected chi connectivity index (χ0v) is 13.4. The van der Waals surface area contributed by atoms with Crippen LogP contribution in [0.15, 0.2) is 0 Å². The van der Waals surface area contributed by atoms with E-state index in [0.717, 1.165) is 57.9 Å². The third-order valence-electron chi connectivity index (χ3n) is 4.29. The Labute approximate surface area is 123 Å². The highest BCUT2D eigenvalue weighted by molar-refractivity contribution is 7.91. The standard InChI is InChI=1S/C13H26N2O2S.ClH/c1-18(16,17)13-5-3-8-15(9-6-13)11-12-4-2-7-14-10-12;/h12-14H,2-11H2,1H3;1H. The second-order valence-corrected chi connectivity index (χ2v) is 8.22. The number of hydrogen-bond donors (Lipinski definition) is 1. The van der Waals surface area contributed by atoms with Gasteiger partial charge in [0.25, 0.3) is 0 Å². The van der Waals surface area contributed by atoms with Gasteiger partial charge in [-0.2, -0.15) is 0 Å². The van der Waals surface area contributed by atoms with E-state index in [1.807, 2.05) is 0 Å². The summed E-state index contributed by atoms with van der Waals surface area (Å²) in [6, 6.07) is 0. The van der Waals surface area contributed by atoms with Gasteiger partial charge in [0.2, 0.25) is 0 Å². The van der Waals surface area contributed by atoms with Crippen molar-refractivity contribution in [2.24, 2.45) is 5.92 Å². The monoisotopic (exact) mass is 310 g/mol. The quantitative estimate of drug-likeness (QED) is 0.854. The average Bonchev–Trinajstić information content (AvgIpc) is 2.55. The number of likely N-dealkylation sites (tertiary alicyclic amines) is 1. The summed E-state index contributed by atoms with van der Waals surface area (Å²) in [5, 5.41) is 3.35. The van der Waals surface area contributed by atoms with E-state index >= 15 is 0 Å². The molecule has 0 spiro atoms. The van der Waals surface area contributed by atoms with Crippen molar-refractivity contribution in [3.05, 3.63) is 0 Å². The molecule has 0 aliphatic carbocycles. The van der Waals surface area contributed by atoms with Gasteiger partial charge < -0.3 is 10.2 Å². The normalized spacial score (nSPS) is 30.4. The molecule has 19 heavy (non-hydrogen) atoms. The topological polar surface area (TPSA) is 49.4 Å². The Balaban J connectivity index is 0.00000180. The van der Waals surface area contributed by atoms with Crippen LogP contribution in [0.2, 0.25) is 0 Å². The molecule has 2 aliphatic heterocycles. The van der Waals surface area contributed by atoms with Gasteiger partial charge in [-0.15, -0.1) is 12.4 Å². The molecule has 0 radical (unpaired) electrons. The van der Waals surface area contributed by atoms with Crippen molar-refractivity contribution in [2.75, 3.05) is 39.0 Å². The molecular weight excluding hydrogens is 284 g/mol. The van der Waals surface area contributed by atoms with E-state index in [4.69, 9.17) is 0 Å². The lowest BCUT2D eigenvalue weighted by Gasteiger charge is -2.29. The molecule has 2 unspecified atom stereocenters. The van der Waals surface area contributed by atoms with Crippen LogP contribution in [0, 0.1) is 5.92 Å². The summed E-state index contributed by atoms with van der Waals surface area (Å²) in [7, 11) is -2.84. The van der Waals surface area contributed by atoms with Gasteiger partial charge in [-0.1, -0.05) is 0 Å². The second kappa shape index (κ2) is 7.81.